The van der Waals surface area contributed by atoms with E-state index in [9.17, 15) is 13.4 Å². The lowest BCUT2D eigenvalue weighted by molar-refractivity contribution is 0.328. The molecule has 0 amide bonds. The molecule has 0 radical (unpaired) electrons. The highest BCUT2D eigenvalue weighted by Gasteiger charge is 2.47. The van der Waals surface area contributed by atoms with Crippen LogP contribution >= 0.6 is 15.9 Å². The number of piperazine rings is 1. The first-order chi connectivity index (χ1) is 15.7. The zero-order valence-corrected chi connectivity index (χ0v) is 20.5. The molecule has 2 fully saturated rings. The number of hydrogen-bond acceptors (Lipinski definition) is 8. The van der Waals surface area contributed by atoms with Crippen LogP contribution < -0.4 is 9.64 Å². The van der Waals surface area contributed by atoms with Gasteiger partial charge in [-0.1, -0.05) is 6.92 Å². The number of nitrogens with zero attached hydrogens (tertiary/aromatic N) is 5. The Balaban J connectivity index is 1.78. The molecule has 3 aliphatic rings. The quantitative estimate of drug-likeness (QED) is 0.351. The zero-order chi connectivity index (χ0) is 23.7. The number of benzene rings is 1. The van der Waals surface area contributed by atoms with Crippen molar-refractivity contribution in [3.63, 3.8) is 0 Å². The standard InChI is InChI=1S/C20H22BBrFN5O4S/c1-4-33(30,31)20-25-17-14(13-10(6-24-3)9-32-18(13)15(22)16(17)23)19(26-20)27-7-12-5-11(27)8-28(12)21(2)29/h10-12,29H,4-9H2,1-2H3/t10?,11-,12-/m1/s1. The number of ether oxygens (including phenoxy) is 1. The van der Waals surface area contributed by atoms with E-state index in [4.69, 9.17) is 11.3 Å². The van der Waals surface area contributed by atoms with Crippen molar-refractivity contribution in [2.45, 2.75) is 43.3 Å². The van der Waals surface area contributed by atoms with E-state index in [0.29, 0.717) is 35.6 Å². The molecule has 1 aromatic carbocycles. The lowest BCUT2D eigenvalue weighted by Gasteiger charge is -2.36. The van der Waals surface area contributed by atoms with Gasteiger partial charge in [-0.3, -0.25) is 0 Å². The minimum Gasteiger partial charge on any atom is -0.491 e. The van der Waals surface area contributed by atoms with Gasteiger partial charge in [0.25, 0.3) is 0 Å². The summed E-state index contributed by atoms with van der Waals surface area (Å²) >= 11 is 3.25. The van der Waals surface area contributed by atoms with E-state index in [1.807, 2.05) is 9.71 Å². The SMILES string of the molecule is [C-]#[N+]CC1COc2c(Br)c(F)c3nc(S(=O)(=O)CC)nc(N4C[C@H]5C[C@@H]4CN5B(C)O)c3c21. The number of aromatic nitrogens is 2. The Bertz CT molecular complexity index is 1300. The van der Waals surface area contributed by atoms with Crippen molar-refractivity contribution in [2.24, 2.45) is 0 Å². The Labute approximate surface area is 199 Å². The molecule has 0 saturated carbocycles. The first-order valence-corrected chi connectivity index (χ1v) is 13.2. The Morgan fingerprint density at radius 2 is 2.12 bits per heavy atom. The van der Waals surface area contributed by atoms with E-state index in [2.05, 4.69) is 30.7 Å². The molecule has 0 spiro atoms. The van der Waals surface area contributed by atoms with Gasteiger partial charge in [-0.05, 0) is 29.2 Å². The van der Waals surface area contributed by atoms with Crippen LogP contribution in [0.3, 0.4) is 0 Å². The average Bonchev–Trinajstić information content (AvgIpc) is 3.51. The zero-order valence-electron chi connectivity index (χ0n) is 18.1. The Kier molecular flexibility index (Phi) is 5.55. The van der Waals surface area contributed by atoms with Crippen molar-refractivity contribution in [2.75, 3.05) is 36.9 Å². The summed E-state index contributed by atoms with van der Waals surface area (Å²) < 4.78 is 46.8. The van der Waals surface area contributed by atoms with Gasteiger partial charge < -0.3 is 24.3 Å². The molecule has 174 valence electrons. The fourth-order valence-corrected chi connectivity index (χ4v) is 6.44. The number of anilines is 1. The van der Waals surface area contributed by atoms with Crippen LogP contribution in [0.4, 0.5) is 10.2 Å². The third-order valence-electron chi connectivity index (χ3n) is 6.83. The van der Waals surface area contributed by atoms with Crippen LogP contribution in [0.5, 0.6) is 5.75 Å². The topological polar surface area (TPSA) is 100 Å². The Morgan fingerprint density at radius 3 is 2.73 bits per heavy atom. The van der Waals surface area contributed by atoms with Gasteiger partial charge in [0.1, 0.15) is 23.7 Å². The molecule has 2 bridgehead atoms. The van der Waals surface area contributed by atoms with Gasteiger partial charge >= 0.3 is 7.05 Å². The van der Waals surface area contributed by atoms with Crippen LogP contribution in [0, 0.1) is 12.4 Å². The lowest BCUT2D eigenvalue weighted by Crippen LogP contribution is -2.52. The summed E-state index contributed by atoms with van der Waals surface area (Å²) in [4.78, 5) is 16.2. The van der Waals surface area contributed by atoms with E-state index in [1.165, 1.54) is 6.92 Å². The molecule has 9 nitrogen and oxygen atoms in total. The maximum absolute atomic E-state index is 15.5. The summed E-state index contributed by atoms with van der Waals surface area (Å²) in [5.41, 5.74) is 0.549. The van der Waals surface area contributed by atoms with Crippen molar-refractivity contribution in [1.82, 2.24) is 14.8 Å². The molecule has 1 N–H and O–H groups in total. The molecular formula is C20H22BBrFN5O4S. The summed E-state index contributed by atoms with van der Waals surface area (Å²) in [5.74, 6) is -0.552. The molecule has 0 aliphatic carbocycles. The lowest BCUT2D eigenvalue weighted by atomic mass is 9.84. The largest absolute Gasteiger partial charge is 0.491 e. The monoisotopic (exact) mass is 537 g/mol. The first kappa shape index (κ1) is 22.8. The number of hydrogen-bond donors (Lipinski definition) is 1. The molecule has 3 atom stereocenters. The predicted molar refractivity (Wildman–Crippen MR) is 125 cm³/mol. The Hall–Kier alpha value is -2.01. The molecule has 13 heteroatoms. The minimum absolute atomic E-state index is 0.0103. The van der Waals surface area contributed by atoms with Gasteiger partial charge in [0, 0.05) is 30.7 Å². The van der Waals surface area contributed by atoms with Gasteiger partial charge in [0.05, 0.1) is 21.5 Å². The average molecular weight is 538 g/mol. The number of sulfone groups is 1. The van der Waals surface area contributed by atoms with Crippen LogP contribution in [0.1, 0.15) is 24.8 Å². The summed E-state index contributed by atoms with van der Waals surface area (Å²) in [7, 11) is -4.40. The molecule has 2 aromatic rings. The molecular weight excluding hydrogens is 516 g/mol. The van der Waals surface area contributed by atoms with Gasteiger partial charge in [-0.2, -0.15) is 0 Å². The van der Waals surface area contributed by atoms with Gasteiger partial charge in [-0.25, -0.2) is 29.3 Å². The van der Waals surface area contributed by atoms with Crippen molar-refractivity contribution in [3.05, 3.63) is 27.3 Å². The van der Waals surface area contributed by atoms with Crippen LogP contribution in [-0.4, -0.2) is 79.3 Å². The maximum atomic E-state index is 15.5. The highest BCUT2D eigenvalue weighted by atomic mass is 79.9. The summed E-state index contributed by atoms with van der Waals surface area (Å²) in [6, 6.07) is 0.0683. The predicted octanol–water partition coefficient (Wildman–Crippen LogP) is 2.09. The van der Waals surface area contributed by atoms with Crippen molar-refractivity contribution in [3.8, 4) is 5.75 Å². The minimum atomic E-state index is -3.81. The molecule has 5 rings (SSSR count). The van der Waals surface area contributed by atoms with Gasteiger partial charge in [0.2, 0.25) is 21.5 Å². The fraction of sp³-hybridized carbons (Fsp3) is 0.550. The van der Waals surface area contributed by atoms with Crippen LogP contribution in [-0.2, 0) is 9.84 Å². The number of fused-ring (bicyclic) bond motifs is 5. The second-order valence-corrected chi connectivity index (χ2v) is 11.7. The van der Waals surface area contributed by atoms with Crippen molar-refractivity contribution in [1.29, 1.82) is 0 Å². The number of rotatable bonds is 5. The van der Waals surface area contributed by atoms with E-state index in [1.54, 1.807) is 6.82 Å². The summed E-state index contributed by atoms with van der Waals surface area (Å²) in [6.45, 7) is 12.0. The third-order valence-corrected chi connectivity index (χ3v) is 9.03. The van der Waals surface area contributed by atoms with Crippen molar-refractivity contribution < 1.29 is 22.6 Å². The second kappa shape index (κ2) is 8.04. The highest BCUT2D eigenvalue weighted by molar-refractivity contribution is 9.10. The van der Waals surface area contributed by atoms with Crippen LogP contribution in [0.15, 0.2) is 9.63 Å². The first-order valence-electron chi connectivity index (χ1n) is 10.8. The van der Waals surface area contributed by atoms with E-state index >= 15 is 4.39 Å². The highest BCUT2D eigenvalue weighted by Crippen LogP contribution is 2.49. The molecule has 33 heavy (non-hydrogen) atoms. The van der Waals surface area contributed by atoms with Gasteiger partial charge in [-0.15, -0.1) is 0 Å². The summed E-state index contributed by atoms with van der Waals surface area (Å²) in [5, 5.41) is 10.1. The normalized spacial score (nSPS) is 24.2. The smallest absolute Gasteiger partial charge is 0.376 e. The third kappa shape index (κ3) is 3.41. The molecule has 3 aliphatic heterocycles. The van der Waals surface area contributed by atoms with Crippen molar-refractivity contribution >= 4 is 49.5 Å². The second-order valence-electron chi connectivity index (χ2n) is 8.70. The molecule has 4 heterocycles. The van der Waals surface area contributed by atoms with Crippen LogP contribution in [0.2, 0.25) is 6.82 Å². The molecule has 1 unspecified atom stereocenters. The molecule has 2 saturated heterocycles. The molecule has 1 aromatic heterocycles. The van der Waals surface area contributed by atoms with Gasteiger partial charge in [0.15, 0.2) is 5.82 Å². The Morgan fingerprint density at radius 1 is 1.36 bits per heavy atom. The maximum Gasteiger partial charge on any atom is 0.376 e. The van der Waals surface area contributed by atoms with Crippen LogP contribution in [0.25, 0.3) is 15.7 Å². The number of halogens is 2. The van der Waals surface area contributed by atoms with E-state index in [0.717, 1.165) is 6.42 Å². The summed E-state index contributed by atoms with van der Waals surface area (Å²) in [6.07, 6.45) is 0.787. The fourth-order valence-electron chi connectivity index (χ4n) is 5.21. The van der Waals surface area contributed by atoms with E-state index < -0.39 is 27.9 Å². The van der Waals surface area contributed by atoms with E-state index in [-0.39, 0.29) is 46.9 Å².